The van der Waals surface area contributed by atoms with E-state index in [1.807, 2.05) is 66.8 Å². The van der Waals surface area contributed by atoms with Gasteiger partial charge in [0.2, 0.25) is 0 Å². The number of aliphatic carboxylic acids is 1. The van der Waals surface area contributed by atoms with Crippen LogP contribution in [0.1, 0.15) is 60.9 Å². The highest BCUT2D eigenvalue weighted by molar-refractivity contribution is 5.84. The standard InChI is InChI=1S/C33H37NO4.C31H33NO3.C3H7NO2.CO2/c1-6-15-24(7-2)22-34(30(32(36)38-5)23(3)31(35)37-4)33(25-16-9-8-10-17-25)28-20-13-11-18-26(28)27-19-12-14-21-29(27)33;1-3-4-5-13-21-31(27-18-11-9-16-25(27)26-17-10-12-19-28(26)31)32(23-24-14-7-6-8-15-24)29(20-22-33)30(34)35-2;1-2(4)3(5)6;2-1-3/h6-7,9,11-21,23,30,32,36H,1-2,8,10,22H2,3-5H3;3-19,21,29-30,33-34H,1,20,22-23H2,2H3;2H,4H2,1H3,(H,5,6);/b24-15+;5-4-,21-13+;;/t23-,30+,32?;29-,30?;2-;/m100./s1. The zero-order chi connectivity index (χ0) is 59.8. The minimum atomic E-state index is -1.27. The van der Waals surface area contributed by atoms with Crippen LogP contribution in [0.3, 0.4) is 0 Å². The monoisotopic (exact) mass is 1110 g/mol. The molecule has 0 bridgehead atoms. The Labute approximate surface area is 482 Å². The van der Waals surface area contributed by atoms with Crippen molar-refractivity contribution in [2.24, 2.45) is 11.7 Å². The number of ether oxygens (including phenoxy) is 3. The van der Waals surface area contributed by atoms with E-state index in [1.54, 1.807) is 25.2 Å². The Bertz CT molecular complexity index is 3040. The molecule has 0 aliphatic heterocycles. The van der Waals surface area contributed by atoms with Gasteiger partial charge in [0.1, 0.15) is 6.04 Å². The largest absolute Gasteiger partial charge is 0.480 e. The van der Waals surface area contributed by atoms with E-state index in [9.17, 15) is 24.9 Å². The molecule has 14 nitrogen and oxygen atoms in total. The highest BCUT2D eigenvalue weighted by Gasteiger charge is 2.55. The van der Waals surface area contributed by atoms with Gasteiger partial charge < -0.3 is 40.4 Å². The fourth-order valence-electron chi connectivity index (χ4n) is 11.2. The van der Waals surface area contributed by atoms with Gasteiger partial charge in [0.15, 0.2) is 12.6 Å². The van der Waals surface area contributed by atoms with Crippen LogP contribution in [0.5, 0.6) is 0 Å². The van der Waals surface area contributed by atoms with Crippen molar-refractivity contribution in [2.75, 3.05) is 34.5 Å². The number of carbonyl (C=O) groups is 2. The first-order valence-electron chi connectivity index (χ1n) is 27.0. The summed E-state index contributed by atoms with van der Waals surface area (Å²) >= 11 is 0. The van der Waals surface area contributed by atoms with E-state index >= 15 is 0 Å². The van der Waals surface area contributed by atoms with E-state index in [2.05, 4.69) is 139 Å². The van der Waals surface area contributed by atoms with Crippen molar-refractivity contribution in [1.29, 1.82) is 0 Å². The number of hydrogen-bond donors (Lipinski definition) is 5. The third-order valence-electron chi connectivity index (χ3n) is 14.8. The van der Waals surface area contributed by atoms with Crippen LogP contribution in [-0.2, 0) is 51.0 Å². The van der Waals surface area contributed by atoms with Crippen LogP contribution >= 0.6 is 0 Å². The molecule has 0 radical (unpaired) electrons. The topological polar surface area (TPSA) is 209 Å². The number of esters is 1. The van der Waals surface area contributed by atoms with Crippen molar-refractivity contribution in [3.05, 3.63) is 253 Å². The van der Waals surface area contributed by atoms with Crippen molar-refractivity contribution < 1.29 is 53.8 Å². The van der Waals surface area contributed by atoms with Crippen LogP contribution in [0, 0.1) is 5.92 Å². The molecule has 6 atom stereocenters. The van der Waals surface area contributed by atoms with Crippen LogP contribution in [0.25, 0.3) is 22.3 Å². The second kappa shape index (κ2) is 31.9. The van der Waals surface area contributed by atoms with Crippen LogP contribution in [0.4, 0.5) is 0 Å². The van der Waals surface area contributed by atoms with Gasteiger partial charge in [-0.05, 0) is 87.4 Å². The number of aliphatic hydroxyl groups is 3. The number of hydrogen-bond acceptors (Lipinski definition) is 13. The summed E-state index contributed by atoms with van der Waals surface area (Å²) in [5.41, 5.74) is 15.4. The molecule has 5 aromatic rings. The Kier molecular flexibility index (Phi) is 25.2. The second-order valence-electron chi connectivity index (χ2n) is 19.5. The van der Waals surface area contributed by atoms with Gasteiger partial charge in [-0.15, -0.1) is 0 Å². The van der Waals surface area contributed by atoms with Gasteiger partial charge in [0, 0.05) is 33.9 Å². The third kappa shape index (κ3) is 14.4. The van der Waals surface area contributed by atoms with E-state index in [-0.39, 0.29) is 12.8 Å². The zero-order valence-corrected chi connectivity index (χ0v) is 47.4. The van der Waals surface area contributed by atoms with E-state index < -0.39 is 59.6 Å². The summed E-state index contributed by atoms with van der Waals surface area (Å²) < 4.78 is 16.2. The van der Waals surface area contributed by atoms with Crippen LogP contribution in [0.2, 0.25) is 0 Å². The second-order valence-corrected chi connectivity index (χ2v) is 19.5. The number of carboxylic acid groups (broad SMARTS) is 1. The lowest BCUT2D eigenvalue weighted by atomic mass is 9.74. The fraction of sp³-hybridized carbons (Fsp3) is 0.279. The number of aliphatic hydroxyl groups excluding tert-OH is 3. The Balaban J connectivity index is 0.000000263. The predicted molar refractivity (Wildman–Crippen MR) is 320 cm³/mol. The number of nitrogens with zero attached hydrogens (tertiary/aromatic N) is 2. The normalized spacial score (nSPS) is 16.3. The first-order valence-corrected chi connectivity index (χ1v) is 27.0. The van der Waals surface area contributed by atoms with E-state index in [4.69, 9.17) is 34.6 Å². The Morgan fingerprint density at radius 2 is 1.21 bits per heavy atom. The van der Waals surface area contributed by atoms with Crippen molar-refractivity contribution in [3.8, 4) is 22.3 Å². The number of allylic oxidation sites excluding steroid dienone is 8. The Morgan fingerprint density at radius 1 is 0.707 bits per heavy atom. The molecule has 430 valence electrons. The molecule has 0 aromatic heterocycles. The average Bonchev–Trinajstić information content (AvgIpc) is 3.56. The molecule has 3 aliphatic rings. The Morgan fingerprint density at radius 3 is 1.65 bits per heavy atom. The van der Waals surface area contributed by atoms with E-state index in [0.717, 1.165) is 74.1 Å². The maximum Gasteiger partial charge on any atom is 0.373 e. The van der Waals surface area contributed by atoms with Gasteiger partial charge >= 0.3 is 18.1 Å². The molecule has 6 N–H and O–H groups in total. The fourth-order valence-corrected chi connectivity index (χ4v) is 11.2. The van der Waals surface area contributed by atoms with E-state index in [1.165, 1.54) is 28.3 Å². The number of fused-ring (bicyclic) bond motifs is 6. The molecule has 0 saturated heterocycles. The predicted octanol–water partition coefficient (Wildman–Crippen LogP) is 10.2. The molecule has 0 amide bonds. The number of rotatable bonds is 23. The molecular formula is C68H77N3O11. The highest BCUT2D eigenvalue weighted by atomic mass is 16.6. The Hall–Kier alpha value is -7.98. The summed E-state index contributed by atoms with van der Waals surface area (Å²) in [6.45, 7) is 15.8. The molecule has 5 aromatic carbocycles. The maximum atomic E-state index is 13.1. The number of nitrogens with two attached hydrogens (primary N) is 1. The molecule has 14 heteroatoms. The molecule has 82 heavy (non-hydrogen) atoms. The van der Waals surface area contributed by atoms with Gasteiger partial charge in [0.25, 0.3) is 0 Å². The molecule has 3 aliphatic carbocycles. The molecule has 0 heterocycles. The molecule has 2 unspecified atom stereocenters. The lowest BCUT2D eigenvalue weighted by Crippen LogP contribution is -2.60. The van der Waals surface area contributed by atoms with Crippen molar-refractivity contribution in [2.45, 2.75) is 81.4 Å². The number of methoxy groups -OCH3 is 3. The minimum Gasteiger partial charge on any atom is -0.480 e. The molecular weight excluding hydrogens is 1030 g/mol. The summed E-state index contributed by atoms with van der Waals surface area (Å²) in [6.07, 6.45) is 22.0. The molecule has 0 spiro atoms. The van der Waals surface area contributed by atoms with Gasteiger partial charge in [-0.3, -0.25) is 19.4 Å². The summed E-state index contributed by atoms with van der Waals surface area (Å²) in [7, 11) is 4.33. The summed E-state index contributed by atoms with van der Waals surface area (Å²) in [5, 5.41) is 40.4. The van der Waals surface area contributed by atoms with Crippen LogP contribution < -0.4 is 5.73 Å². The highest BCUT2D eigenvalue weighted by Crippen LogP contribution is 2.57. The zero-order valence-electron chi connectivity index (χ0n) is 47.4. The van der Waals surface area contributed by atoms with Crippen molar-refractivity contribution in [1.82, 2.24) is 9.80 Å². The SMILES string of the molecule is C=C/C=C(\C=C)CN([C@H](C(O)OC)[C@@H](C)C(=O)OC)C1(C2=CCCC=C2)c2ccccc2-c2ccccc21.C=C/C=C\C=C\C1(N(Cc2ccccc2)[C@@H](CCO)C(O)OC)c2ccccc2-c2ccccc21.C[C@H](N)C(=O)O.O=C=O. The maximum absolute atomic E-state index is 13.1. The average molecular weight is 1110 g/mol. The van der Waals surface area contributed by atoms with Gasteiger partial charge in [-0.2, -0.15) is 9.59 Å². The van der Waals surface area contributed by atoms with Gasteiger partial charge in [-0.25, -0.2) is 0 Å². The first-order chi connectivity index (χ1) is 39.7. The number of benzene rings is 5. The summed E-state index contributed by atoms with van der Waals surface area (Å²) in [6, 6.07) is 41.9. The number of carbonyl (C=O) groups excluding carboxylic acids is 3. The summed E-state index contributed by atoms with van der Waals surface area (Å²) in [4.78, 5) is 43.3. The van der Waals surface area contributed by atoms with Crippen molar-refractivity contribution >= 4 is 18.1 Å². The molecule has 0 saturated carbocycles. The van der Waals surface area contributed by atoms with E-state index in [0.29, 0.717) is 19.5 Å². The first kappa shape index (κ1) is 64.8. The lowest BCUT2D eigenvalue weighted by molar-refractivity contribution is -0.191. The van der Waals surface area contributed by atoms with Gasteiger partial charge in [0.05, 0.1) is 36.2 Å². The molecule has 0 fully saturated rings. The third-order valence-corrected chi connectivity index (χ3v) is 14.8. The molecule has 8 rings (SSSR count). The lowest BCUT2D eigenvalue weighted by Gasteiger charge is -2.50. The van der Waals surface area contributed by atoms with Crippen molar-refractivity contribution in [3.63, 3.8) is 0 Å². The van der Waals surface area contributed by atoms with Crippen LogP contribution in [-0.4, -0.2) is 114 Å². The smallest absolute Gasteiger partial charge is 0.373 e. The number of carboxylic acids is 1. The minimum absolute atomic E-state index is 0.0736. The summed E-state index contributed by atoms with van der Waals surface area (Å²) in [5.74, 6) is -2.10. The van der Waals surface area contributed by atoms with Crippen LogP contribution in [0.15, 0.2) is 225 Å². The quantitative estimate of drug-likeness (QED) is 0.0234. The van der Waals surface area contributed by atoms with Gasteiger partial charge in [-0.1, -0.05) is 221 Å².